The van der Waals surface area contributed by atoms with Crippen LogP contribution in [-0.4, -0.2) is 7.11 Å². The van der Waals surface area contributed by atoms with Crippen LogP contribution < -0.4 is 4.74 Å². The van der Waals surface area contributed by atoms with Crippen LogP contribution in [0.5, 0.6) is 5.75 Å². The highest BCUT2D eigenvalue weighted by Gasteiger charge is 2.38. The normalized spacial score (nSPS) is 13.7. The first-order valence-electron chi connectivity index (χ1n) is 29.6. The maximum atomic E-state index is 5.58. The van der Waals surface area contributed by atoms with Crippen LogP contribution in [0.1, 0.15) is 49.9 Å². The van der Waals surface area contributed by atoms with E-state index in [1.54, 1.807) is 7.11 Å². The van der Waals surface area contributed by atoms with Gasteiger partial charge in [-0.3, -0.25) is 0 Å². The summed E-state index contributed by atoms with van der Waals surface area (Å²) in [6.07, 6.45) is 0. The van der Waals surface area contributed by atoms with Crippen LogP contribution in [-0.2, 0) is 10.8 Å². The summed E-state index contributed by atoms with van der Waals surface area (Å²) in [4.78, 5) is 0. The molecule has 0 unspecified atom stereocenters. The van der Waals surface area contributed by atoms with E-state index < -0.39 is 0 Å². The summed E-state index contributed by atoms with van der Waals surface area (Å²) >= 11 is 0. The summed E-state index contributed by atoms with van der Waals surface area (Å²) < 4.78 is 5.58. The smallest absolute Gasteiger partial charge is 0.119 e. The van der Waals surface area contributed by atoms with E-state index in [4.69, 9.17) is 4.74 Å². The highest BCUT2D eigenvalue weighted by atomic mass is 16.5. The molecule has 1 heteroatoms. The molecule has 84 heavy (non-hydrogen) atoms. The molecule has 0 amide bonds. The molecule has 0 aromatic heterocycles. The zero-order chi connectivity index (χ0) is 56.2. The maximum Gasteiger partial charge on any atom is 0.119 e. The van der Waals surface area contributed by atoms with Gasteiger partial charge in [-0.05, 0) is 212 Å². The first-order valence-corrected chi connectivity index (χ1v) is 29.6. The van der Waals surface area contributed by atoms with Crippen LogP contribution in [0, 0.1) is 0 Å². The van der Waals surface area contributed by atoms with Crippen LogP contribution in [0.4, 0.5) is 0 Å². The summed E-state index contributed by atoms with van der Waals surface area (Å²) in [6.45, 7) is 9.63. The molecule has 15 aromatic carbocycles. The third-order valence-electron chi connectivity index (χ3n) is 19.5. The Morgan fingerprint density at radius 2 is 0.488 bits per heavy atom. The molecule has 396 valence electrons. The molecule has 0 N–H and O–H groups in total. The summed E-state index contributed by atoms with van der Waals surface area (Å²) in [5, 5.41) is 17.4. The van der Waals surface area contributed by atoms with Gasteiger partial charge in [-0.1, -0.05) is 252 Å². The van der Waals surface area contributed by atoms with Gasteiger partial charge in [-0.15, -0.1) is 0 Å². The minimum absolute atomic E-state index is 0.106. The quantitative estimate of drug-likeness (QED) is 0.151. The first-order chi connectivity index (χ1) is 41.2. The van der Waals surface area contributed by atoms with Crippen molar-refractivity contribution < 1.29 is 4.74 Å². The second-order valence-corrected chi connectivity index (χ2v) is 24.5. The van der Waals surface area contributed by atoms with Gasteiger partial charge in [0, 0.05) is 10.8 Å². The van der Waals surface area contributed by atoms with Crippen molar-refractivity contribution in [3.05, 3.63) is 283 Å². The summed E-state index contributed by atoms with van der Waals surface area (Å²) in [6, 6.07) is 98.7. The number of methoxy groups -OCH3 is 1. The van der Waals surface area contributed by atoms with Gasteiger partial charge in [-0.25, -0.2) is 0 Å². The molecule has 0 fully saturated rings. The summed E-state index contributed by atoms with van der Waals surface area (Å²) in [5.74, 6) is 0.869. The third kappa shape index (κ3) is 6.84. The molecular formula is C83H58O. The molecule has 0 aliphatic heterocycles. The average Bonchev–Trinajstić information content (AvgIpc) is 1.16. The second-order valence-electron chi connectivity index (χ2n) is 24.5. The predicted octanol–water partition coefficient (Wildman–Crippen LogP) is 22.7. The highest BCUT2D eigenvalue weighted by Crippen LogP contribution is 2.56. The average molecular weight is 1070 g/mol. The van der Waals surface area contributed by atoms with E-state index in [-0.39, 0.29) is 10.8 Å². The van der Waals surface area contributed by atoms with Crippen molar-refractivity contribution >= 4 is 75.4 Å². The van der Waals surface area contributed by atoms with Gasteiger partial charge < -0.3 is 4.74 Å². The zero-order valence-electron chi connectivity index (χ0n) is 47.7. The SMILES string of the molecule is COc1ccc2cc(-c3c4ccccc4c(-c4ccc5c(c4)C(C)(C)c4cc(-c6c7ccccc7c(-c7c8ccccc8c(-c8ccc9c(c8)C(C)(C)c8ccccc8-9)c8ccccc78)c7ccccc67)ccc4-5)c4ccccc34)ccc2c1. The molecule has 0 atom stereocenters. The van der Waals surface area contributed by atoms with Gasteiger partial charge in [0.1, 0.15) is 5.75 Å². The Kier molecular flexibility index (Phi) is 10.4. The van der Waals surface area contributed by atoms with Gasteiger partial charge in [0.2, 0.25) is 0 Å². The third-order valence-corrected chi connectivity index (χ3v) is 19.5. The van der Waals surface area contributed by atoms with E-state index in [1.807, 2.05) is 0 Å². The standard InChI is InChI=1S/C83H58O/c1-82(2)72-33-19-18-20-56(72)57-41-37-52(46-73(57)82)78-64-25-10-14-29-68(64)80(69-30-15-11-26-65(69)78)81-70-31-16-12-27-66(70)79(67-28-13-17-32-71(67)81)54-39-43-59-58-42-38-53(47-74(58)83(3,4)75(59)48-54)77-62-23-8-6-21-60(62)76(61-22-7-9-24-63(61)77)51-35-34-50-45-55(84-5)40-36-49(50)44-51/h6-48H,1-5H3. The van der Waals surface area contributed by atoms with Crippen molar-refractivity contribution in [2.75, 3.05) is 7.11 Å². The number of rotatable bonds is 6. The Bertz CT molecular complexity index is 5190. The minimum Gasteiger partial charge on any atom is -0.497 e. The molecule has 0 saturated carbocycles. The van der Waals surface area contributed by atoms with Crippen LogP contribution in [0.2, 0.25) is 0 Å². The maximum absolute atomic E-state index is 5.58. The summed E-state index contributed by atoms with van der Waals surface area (Å²) in [5.41, 5.74) is 23.0. The Morgan fingerprint density at radius 1 is 0.226 bits per heavy atom. The lowest BCUT2D eigenvalue weighted by Crippen LogP contribution is -2.15. The van der Waals surface area contributed by atoms with Crippen LogP contribution in [0.25, 0.3) is 153 Å². The van der Waals surface area contributed by atoms with Crippen molar-refractivity contribution in [2.45, 2.75) is 38.5 Å². The Morgan fingerprint density at radius 3 is 0.845 bits per heavy atom. The second kappa shape index (κ2) is 18.0. The lowest BCUT2D eigenvalue weighted by atomic mass is 9.78. The lowest BCUT2D eigenvalue weighted by molar-refractivity contribution is 0.415. The van der Waals surface area contributed by atoms with E-state index in [0.717, 1.165) is 5.75 Å². The number of ether oxygens (including phenoxy) is 1. The van der Waals surface area contributed by atoms with Crippen molar-refractivity contribution in [3.8, 4) is 83.6 Å². The number of fused-ring (bicyclic) bond motifs is 13. The molecule has 0 saturated heterocycles. The molecule has 0 heterocycles. The molecule has 17 rings (SSSR count). The van der Waals surface area contributed by atoms with Crippen molar-refractivity contribution in [2.24, 2.45) is 0 Å². The van der Waals surface area contributed by atoms with E-state index >= 15 is 0 Å². The van der Waals surface area contributed by atoms with Crippen LogP contribution in [0.3, 0.4) is 0 Å². The predicted molar refractivity (Wildman–Crippen MR) is 358 cm³/mol. The Balaban J connectivity index is 0.815. The van der Waals surface area contributed by atoms with Crippen molar-refractivity contribution in [1.29, 1.82) is 0 Å². The molecule has 2 aliphatic rings. The molecular weight excluding hydrogens is 1010 g/mol. The zero-order valence-corrected chi connectivity index (χ0v) is 47.7. The van der Waals surface area contributed by atoms with E-state index in [2.05, 4.69) is 289 Å². The molecule has 15 aromatic rings. The molecule has 0 spiro atoms. The fourth-order valence-corrected chi connectivity index (χ4v) is 15.6. The highest BCUT2D eigenvalue weighted by molar-refractivity contribution is 6.30. The number of hydrogen-bond donors (Lipinski definition) is 0. The van der Waals surface area contributed by atoms with Crippen LogP contribution >= 0.6 is 0 Å². The Labute approximate surface area is 489 Å². The minimum atomic E-state index is -0.278. The molecule has 0 radical (unpaired) electrons. The van der Waals surface area contributed by atoms with E-state index in [0.29, 0.717) is 0 Å². The van der Waals surface area contributed by atoms with Gasteiger partial charge >= 0.3 is 0 Å². The van der Waals surface area contributed by atoms with Gasteiger partial charge in [0.05, 0.1) is 7.11 Å². The molecule has 0 bridgehead atoms. The van der Waals surface area contributed by atoms with Crippen molar-refractivity contribution in [3.63, 3.8) is 0 Å². The molecule has 1 nitrogen and oxygen atoms in total. The fourth-order valence-electron chi connectivity index (χ4n) is 15.6. The number of hydrogen-bond acceptors (Lipinski definition) is 1. The fraction of sp³-hybridized carbons (Fsp3) is 0.0843. The largest absolute Gasteiger partial charge is 0.497 e. The Hall–Kier alpha value is -10.1. The summed E-state index contributed by atoms with van der Waals surface area (Å²) in [7, 11) is 1.73. The topological polar surface area (TPSA) is 9.23 Å². The number of benzene rings is 15. The van der Waals surface area contributed by atoms with E-state index in [1.165, 1.54) is 176 Å². The lowest BCUT2D eigenvalue weighted by Gasteiger charge is -2.25. The van der Waals surface area contributed by atoms with Gasteiger partial charge in [0.15, 0.2) is 0 Å². The van der Waals surface area contributed by atoms with Gasteiger partial charge in [-0.2, -0.15) is 0 Å². The van der Waals surface area contributed by atoms with E-state index in [9.17, 15) is 0 Å². The monoisotopic (exact) mass is 1070 g/mol. The van der Waals surface area contributed by atoms with Gasteiger partial charge in [0.25, 0.3) is 0 Å². The first kappa shape index (κ1) is 48.6. The van der Waals surface area contributed by atoms with Crippen molar-refractivity contribution in [1.82, 2.24) is 0 Å². The molecule has 2 aliphatic carbocycles. The van der Waals surface area contributed by atoms with Crippen LogP contribution in [0.15, 0.2) is 261 Å².